The molecular weight excluding hydrogens is 594 g/mol. The van der Waals surface area contributed by atoms with Crippen LogP contribution in [-0.2, 0) is 36.7 Å². The van der Waals surface area contributed by atoms with Gasteiger partial charge in [0, 0.05) is 19.4 Å². The SMILES string of the molecule is C[C@@H](NC(=O)[C@@H](NC(=O)[C@H](CCCc1ccc(Cc2ccccc2C(N)=O)cc1)[C@@H]1OC(C)(C)OC1=O)C(C)(C)C)c1ccccc1. The first kappa shape index (κ1) is 35.4. The molecule has 3 aromatic carbocycles. The van der Waals surface area contributed by atoms with Gasteiger partial charge in [-0.1, -0.05) is 93.6 Å². The number of cyclic esters (lactones) is 1. The standard InChI is InChI=1S/C38H47N3O6/c1-24(27-14-8-7-9-15-27)40-35(44)32(37(2,3)4)41-34(43)30(31-36(45)47-38(5,6)46-31)18-12-13-25-19-21-26(22-20-25)23-28-16-10-11-17-29(28)33(39)42/h7-11,14-17,19-22,24,30-32H,12-13,18,23H2,1-6H3,(H2,39,42)(H,40,44)(H,41,43)/t24-,30-,31+,32-/m1/s1. The summed E-state index contributed by atoms with van der Waals surface area (Å²) in [5.41, 5.74) is 9.35. The van der Waals surface area contributed by atoms with Gasteiger partial charge in [0.1, 0.15) is 6.04 Å². The highest BCUT2D eigenvalue weighted by Gasteiger charge is 2.48. The average Bonchev–Trinajstić information content (AvgIpc) is 3.29. The fourth-order valence-corrected chi connectivity index (χ4v) is 5.88. The van der Waals surface area contributed by atoms with Crippen LogP contribution in [0.1, 0.15) is 93.0 Å². The van der Waals surface area contributed by atoms with Crippen molar-refractivity contribution in [1.82, 2.24) is 10.6 Å². The summed E-state index contributed by atoms with van der Waals surface area (Å²) >= 11 is 0. The Hall–Kier alpha value is -4.50. The number of rotatable bonds is 13. The number of aryl methyl sites for hydroxylation is 1. The lowest BCUT2D eigenvalue weighted by atomic mass is 9.84. The highest BCUT2D eigenvalue weighted by molar-refractivity contribution is 5.94. The molecule has 3 aromatic rings. The van der Waals surface area contributed by atoms with Crippen LogP contribution >= 0.6 is 0 Å². The van der Waals surface area contributed by atoms with Gasteiger partial charge >= 0.3 is 5.97 Å². The Morgan fingerprint density at radius 3 is 2.09 bits per heavy atom. The zero-order valence-electron chi connectivity index (χ0n) is 28.2. The fourth-order valence-electron chi connectivity index (χ4n) is 5.88. The third kappa shape index (κ3) is 9.51. The van der Waals surface area contributed by atoms with Gasteiger partial charge in [0.15, 0.2) is 6.10 Å². The summed E-state index contributed by atoms with van der Waals surface area (Å²) in [6.07, 6.45) is 1.07. The predicted octanol–water partition coefficient (Wildman–Crippen LogP) is 5.40. The number of primary amides is 1. The molecule has 1 saturated heterocycles. The molecule has 4 N–H and O–H groups in total. The molecule has 9 heteroatoms. The number of hydrogen-bond donors (Lipinski definition) is 3. The van der Waals surface area contributed by atoms with E-state index in [4.69, 9.17) is 15.2 Å². The maximum Gasteiger partial charge on any atom is 0.338 e. The molecule has 4 rings (SSSR count). The number of benzene rings is 3. The minimum atomic E-state index is -1.16. The van der Waals surface area contributed by atoms with Crippen LogP contribution in [0.5, 0.6) is 0 Å². The maximum absolute atomic E-state index is 13.9. The summed E-state index contributed by atoms with van der Waals surface area (Å²) in [6.45, 7) is 10.8. The summed E-state index contributed by atoms with van der Waals surface area (Å²) in [6, 6.07) is 23.9. The van der Waals surface area contributed by atoms with Gasteiger partial charge < -0.3 is 25.8 Å². The van der Waals surface area contributed by atoms with Crippen molar-refractivity contribution in [2.45, 2.75) is 91.2 Å². The molecule has 3 amide bonds. The van der Waals surface area contributed by atoms with Gasteiger partial charge in [0.2, 0.25) is 23.5 Å². The molecule has 0 spiro atoms. The Morgan fingerprint density at radius 2 is 1.49 bits per heavy atom. The Balaban J connectivity index is 1.45. The van der Waals surface area contributed by atoms with E-state index in [2.05, 4.69) is 10.6 Å². The number of amides is 3. The maximum atomic E-state index is 13.9. The molecule has 1 heterocycles. The minimum absolute atomic E-state index is 0.264. The molecule has 4 atom stereocenters. The van der Waals surface area contributed by atoms with Gasteiger partial charge in [0.25, 0.3) is 0 Å². The second kappa shape index (κ2) is 14.9. The topological polar surface area (TPSA) is 137 Å². The molecular formula is C38H47N3O6. The van der Waals surface area contributed by atoms with Gasteiger partial charge in [-0.05, 0) is 66.3 Å². The van der Waals surface area contributed by atoms with Crippen molar-refractivity contribution in [3.05, 3.63) is 107 Å². The van der Waals surface area contributed by atoms with Crippen LogP contribution in [-0.4, -0.2) is 41.6 Å². The van der Waals surface area contributed by atoms with E-state index >= 15 is 0 Å². The molecule has 47 heavy (non-hydrogen) atoms. The molecule has 1 fully saturated rings. The molecule has 0 bridgehead atoms. The largest absolute Gasteiger partial charge is 0.432 e. The van der Waals surface area contributed by atoms with Crippen molar-refractivity contribution in [3.8, 4) is 0 Å². The lowest BCUT2D eigenvalue weighted by Crippen LogP contribution is -2.56. The number of esters is 1. The first-order valence-corrected chi connectivity index (χ1v) is 16.2. The van der Waals surface area contributed by atoms with Gasteiger partial charge in [0.05, 0.1) is 12.0 Å². The van der Waals surface area contributed by atoms with Crippen molar-refractivity contribution >= 4 is 23.7 Å². The van der Waals surface area contributed by atoms with E-state index in [0.717, 1.165) is 22.3 Å². The van der Waals surface area contributed by atoms with Crippen molar-refractivity contribution in [2.75, 3.05) is 0 Å². The number of carbonyl (C=O) groups excluding carboxylic acids is 4. The normalized spacial score (nSPS) is 17.7. The molecule has 1 aliphatic rings. The molecule has 1 aliphatic heterocycles. The summed E-state index contributed by atoms with van der Waals surface area (Å²) in [7, 11) is 0. The van der Waals surface area contributed by atoms with Crippen LogP contribution in [0.15, 0.2) is 78.9 Å². The highest BCUT2D eigenvalue weighted by Crippen LogP contribution is 2.32. The van der Waals surface area contributed by atoms with Gasteiger partial charge in [-0.2, -0.15) is 0 Å². The van der Waals surface area contributed by atoms with E-state index in [0.29, 0.717) is 31.2 Å². The summed E-state index contributed by atoms with van der Waals surface area (Å²) in [5, 5.41) is 5.99. The smallest absolute Gasteiger partial charge is 0.338 e. The zero-order chi connectivity index (χ0) is 34.4. The number of ether oxygens (including phenoxy) is 2. The lowest BCUT2D eigenvalue weighted by Gasteiger charge is -2.33. The second-order valence-corrected chi connectivity index (χ2v) is 13.8. The quantitative estimate of drug-likeness (QED) is 0.214. The zero-order valence-corrected chi connectivity index (χ0v) is 28.2. The van der Waals surface area contributed by atoms with Gasteiger partial charge in [-0.3, -0.25) is 14.4 Å². The first-order valence-electron chi connectivity index (χ1n) is 16.2. The molecule has 0 radical (unpaired) electrons. The number of carbonyl (C=O) groups is 4. The van der Waals surface area contributed by atoms with Crippen LogP contribution < -0.4 is 16.4 Å². The third-order valence-electron chi connectivity index (χ3n) is 8.45. The van der Waals surface area contributed by atoms with Crippen LogP contribution in [0, 0.1) is 11.3 Å². The van der Waals surface area contributed by atoms with E-state index in [9.17, 15) is 19.2 Å². The summed E-state index contributed by atoms with van der Waals surface area (Å²) < 4.78 is 11.3. The van der Waals surface area contributed by atoms with Crippen LogP contribution in [0.4, 0.5) is 0 Å². The summed E-state index contributed by atoms with van der Waals surface area (Å²) in [5.74, 6) is -3.81. The van der Waals surface area contributed by atoms with Crippen LogP contribution in [0.3, 0.4) is 0 Å². The summed E-state index contributed by atoms with van der Waals surface area (Å²) in [4.78, 5) is 52.2. The van der Waals surface area contributed by atoms with Gasteiger partial charge in [-0.25, -0.2) is 4.79 Å². The number of nitrogens with two attached hydrogens (primary N) is 1. The Labute approximate surface area is 277 Å². The number of nitrogens with one attached hydrogen (secondary N) is 2. The fraction of sp³-hybridized carbons (Fsp3) is 0.421. The number of hydrogen-bond acceptors (Lipinski definition) is 6. The molecule has 9 nitrogen and oxygen atoms in total. The van der Waals surface area contributed by atoms with E-state index in [1.54, 1.807) is 26.0 Å². The van der Waals surface area contributed by atoms with E-state index in [1.807, 2.05) is 94.4 Å². The van der Waals surface area contributed by atoms with Crippen molar-refractivity contribution < 1.29 is 28.7 Å². The van der Waals surface area contributed by atoms with Gasteiger partial charge in [-0.15, -0.1) is 0 Å². The third-order valence-corrected chi connectivity index (χ3v) is 8.45. The minimum Gasteiger partial charge on any atom is -0.432 e. The molecule has 250 valence electrons. The van der Waals surface area contributed by atoms with Crippen molar-refractivity contribution in [3.63, 3.8) is 0 Å². The van der Waals surface area contributed by atoms with Crippen molar-refractivity contribution in [1.29, 1.82) is 0 Å². The second-order valence-electron chi connectivity index (χ2n) is 13.8. The molecule has 0 saturated carbocycles. The molecule has 0 aliphatic carbocycles. The highest BCUT2D eigenvalue weighted by atomic mass is 16.8. The molecule has 0 unspecified atom stereocenters. The Morgan fingerprint density at radius 1 is 0.872 bits per heavy atom. The van der Waals surface area contributed by atoms with E-state index < -0.39 is 47.0 Å². The van der Waals surface area contributed by atoms with E-state index in [1.165, 1.54) is 0 Å². The Kier molecular flexibility index (Phi) is 11.2. The monoisotopic (exact) mass is 641 g/mol. The Bertz CT molecular complexity index is 1560. The van der Waals surface area contributed by atoms with E-state index in [-0.39, 0.29) is 11.9 Å². The van der Waals surface area contributed by atoms with Crippen molar-refractivity contribution in [2.24, 2.45) is 17.1 Å². The first-order chi connectivity index (χ1) is 22.1. The average molecular weight is 642 g/mol. The van der Waals surface area contributed by atoms with Crippen LogP contribution in [0.2, 0.25) is 0 Å². The molecule has 0 aromatic heterocycles. The lowest BCUT2D eigenvalue weighted by molar-refractivity contribution is -0.162. The van der Waals surface area contributed by atoms with Crippen LogP contribution in [0.25, 0.3) is 0 Å². The predicted molar refractivity (Wildman–Crippen MR) is 180 cm³/mol.